The Morgan fingerprint density at radius 3 is 2.21 bits per heavy atom. The minimum atomic E-state index is -0.958. The number of aryl methyl sites for hydroxylation is 2. The van der Waals surface area contributed by atoms with Crippen LogP contribution in [0.3, 0.4) is 0 Å². The molecule has 0 bridgehead atoms. The summed E-state index contributed by atoms with van der Waals surface area (Å²) in [7, 11) is 0. The molecule has 0 aliphatic carbocycles. The van der Waals surface area contributed by atoms with Gasteiger partial charge in [-0.05, 0) is 36.1 Å². The largest absolute Gasteiger partial charge is 0.478 e. The third-order valence-corrected chi connectivity index (χ3v) is 2.36. The van der Waals surface area contributed by atoms with Crippen molar-refractivity contribution in [2.45, 2.75) is 26.7 Å². The van der Waals surface area contributed by atoms with E-state index in [0.717, 1.165) is 24.0 Å². The predicted octanol–water partition coefficient (Wildman–Crippen LogP) is 2.09. The standard InChI is InChI=1S/C11H15NO2/c1-3-7-5-9(11(13)14)10(12)6-8(7)4-2/h5-6H,3-4,12H2,1-2H3,(H,13,14). The molecule has 3 N–H and O–H groups in total. The van der Waals surface area contributed by atoms with Gasteiger partial charge in [-0.25, -0.2) is 4.79 Å². The lowest BCUT2D eigenvalue weighted by atomic mass is 9.98. The van der Waals surface area contributed by atoms with Crippen molar-refractivity contribution in [1.82, 2.24) is 0 Å². The summed E-state index contributed by atoms with van der Waals surface area (Å²) in [5.41, 5.74) is 8.40. The van der Waals surface area contributed by atoms with Gasteiger partial charge in [-0.1, -0.05) is 13.8 Å². The fourth-order valence-electron chi connectivity index (χ4n) is 1.55. The maximum absolute atomic E-state index is 10.8. The number of carbonyl (C=O) groups is 1. The molecule has 0 saturated heterocycles. The summed E-state index contributed by atoms with van der Waals surface area (Å²) in [4.78, 5) is 10.8. The van der Waals surface area contributed by atoms with E-state index in [1.807, 2.05) is 13.8 Å². The summed E-state index contributed by atoms with van der Waals surface area (Å²) in [5.74, 6) is -0.958. The molecule has 0 heterocycles. The summed E-state index contributed by atoms with van der Waals surface area (Å²) in [6.45, 7) is 4.05. The molecule has 1 aromatic carbocycles. The van der Waals surface area contributed by atoms with Crippen molar-refractivity contribution in [2.75, 3.05) is 5.73 Å². The van der Waals surface area contributed by atoms with Gasteiger partial charge in [0.2, 0.25) is 0 Å². The van der Waals surface area contributed by atoms with Crippen LogP contribution >= 0.6 is 0 Å². The van der Waals surface area contributed by atoms with E-state index in [-0.39, 0.29) is 5.56 Å². The second kappa shape index (κ2) is 4.13. The molecule has 0 aromatic heterocycles. The maximum atomic E-state index is 10.8. The number of nitrogens with two attached hydrogens (primary N) is 1. The van der Waals surface area contributed by atoms with Crippen LogP contribution in [0.25, 0.3) is 0 Å². The van der Waals surface area contributed by atoms with Crippen LogP contribution in [0.4, 0.5) is 5.69 Å². The average molecular weight is 193 g/mol. The Balaban J connectivity index is 3.30. The second-order valence-electron chi connectivity index (χ2n) is 3.22. The van der Waals surface area contributed by atoms with Crippen molar-refractivity contribution in [1.29, 1.82) is 0 Å². The minimum absolute atomic E-state index is 0.207. The van der Waals surface area contributed by atoms with E-state index in [2.05, 4.69) is 0 Å². The first-order chi connectivity index (χ1) is 6.60. The quantitative estimate of drug-likeness (QED) is 0.722. The highest BCUT2D eigenvalue weighted by Crippen LogP contribution is 2.20. The molecule has 3 nitrogen and oxygen atoms in total. The van der Waals surface area contributed by atoms with Gasteiger partial charge in [-0.2, -0.15) is 0 Å². The molecule has 3 heteroatoms. The molecule has 1 aromatic rings. The Hall–Kier alpha value is -1.51. The van der Waals surface area contributed by atoms with Gasteiger partial charge in [0.25, 0.3) is 0 Å². The second-order valence-corrected chi connectivity index (χ2v) is 3.22. The van der Waals surface area contributed by atoms with Crippen molar-refractivity contribution in [2.24, 2.45) is 0 Å². The first-order valence-electron chi connectivity index (χ1n) is 4.74. The number of benzene rings is 1. The van der Waals surface area contributed by atoms with Crippen LogP contribution in [0, 0.1) is 0 Å². The Kier molecular flexibility index (Phi) is 3.12. The van der Waals surface area contributed by atoms with Crippen LogP contribution in [-0.4, -0.2) is 11.1 Å². The summed E-state index contributed by atoms with van der Waals surface area (Å²) in [6.07, 6.45) is 1.72. The number of aromatic carboxylic acids is 1. The fraction of sp³-hybridized carbons (Fsp3) is 0.364. The lowest BCUT2D eigenvalue weighted by Gasteiger charge is -2.09. The lowest BCUT2D eigenvalue weighted by Crippen LogP contribution is -2.05. The topological polar surface area (TPSA) is 63.3 Å². The first-order valence-corrected chi connectivity index (χ1v) is 4.74. The molecule has 76 valence electrons. The molecule has 0 aliphatic heterocycles. The van der Waals surface area contributed by atoms with Crippen LogP contribution in [0.2, 0.25) is 0 Å². The van der Waals surface area contributed by atoms with Crippen molar-refractivity contribution >= 4 is 11.7 Å². The van der Waals surface area contributed by atoms with Gasteiger partial charge >= 0.3 is 5.97 Å². The Morgan fingerprint density at radius 2 is 1.79 bits per heavy atom. The summed E-state index contributed by atoms with van der Waals surface area (Å²) < 4.78 is 0. The third-order valence-electron chi connectivity index (χ3n) is 2.36. The summed E-state index contributed by atoms with van der Waals surface area (Å²) >= 11 is 0. The van der Waals surface area contributed by atoms with E-state index in [4.69, 9.17) is 10.8 Å². The highest BCUT2D eigenvalue weighted by Gasteiger charge is 2.10. The number of anilines is 1. The smallest absolute Gasteiger partial charge is 0.337 e. The van der Waals surface area contributed by atoms with Gasteiger partial charge in [0, 0.05) is 5.69 Å². The SMILES string of the molecule is CCc1cc(N)c(C(=O)O)cc1CC. The number of hydrogen-bond donors (Lipinski definition) is 2. The van der Waals surface area contributed by atoms with Gasteiger partial charge in [0.05, 0.1) is 5.56 Å². The van der Waals surface area contributed by atoms with Gasteiger partial charge in [-0.3, -0.25) is 0 Å². The van der Waals surface area contributed by atoms with Crippen LogP contribution in [0.1, 0.15) is 35.3 Å². The zero-order valence-corrected chi connectivity index (χ0v) is 8.50. The highest BCUT2D eigenvalue weighted by atomic mass is 16.4. The molecular formula is C11H15NO2. The molecule has 14 heavy (non-hydrogen) atoms. The number of hydrogen-bond acceptors (Lipinski definition) is 2. The molecule has 0 amide bonds. The highest BCUT2D eigenvalue weighted by molar-refractivity contribution is 5.94. The fourth-order valence-corrected chi connectivity index (χ4v) is 1.55. The maximum Gasteiger partial charge on any atom is 0.337 e. The minimum Gasteiger partial charge on any atom is -0.478 e. The van der Waals surface area contributed by atoms with Crippen LogP contribution in [0.15, 0.2) is 12.1 Å². The number of rotatable bonds is 3. The van der Waals surface area contributed by atoms with Gasteiger partial charge < -0.3 is 10.8 Å². The molecule has 1 rings (SSSR count). The molecule has 0 radical (unpaired) electrons. The van der Waals surface area contributed by atoms with E-state index < -0.39 is 5.97 Å². The zero-order chi connectivity index (χ0) is 10.7. The van der Waals surface area contributed by atoms with Crippen molar-refractivity contribution in [3.05, 3.63) is 28.8 Å². The van der Waals surface area contributed by atoms with Gasteiger partial charge in [0.15, 0.2) is 0 Å². The van der Waals surface area contributed by atoms with Crippen molar-refractivity contribution in [3.8, 4) is 0 Å². The monoisotopic (exact) mass is 193 g/mol. The van der Waals surface area contributed by atoms with E-state index in [9.17, 15) is 4.79 Å². The van der Waals surface area contributed by atoms with Crippen molar-refractivity contribution in [3.63, 3.8) is 0 Å². The number of carboxylic acid groups (broad SMARTS) is 1. The van der Waals surface area contributed by atoms with E-state index in [0.29, 0.717) is 5.69 Å². The number of carboxylic acids is 1. The van der Waals surface area contributed by atoms with E-state index in [1.165, 1.54) is 0 Å². The molecule has 0 fully saturated rings. The number of nitrogen functional groups attached to an aromatic ring is 1. The van der Waals surface area contributed by atoms with Crippen LogP contribution in [0.5, 0.6) is 0 Å². The first kappa shape index (κ1) is 10.6. The molecule has 0 aliphatic rings. The Bertz CT molecular complexity index is 359. The summed E-state index contributed by atoms with van der Waals surface area (Å²) in [6, 6.07) is 3.44. The van der Waals surface area contributed by atoms with Crippen LogP contribution in [-0.2, 0) is 12.8 Å². The zero-order valence-electron chi connectivity index (χ0n) is 8.50. The van der Waals surface area contributed by atoms with Crippen molar-refractivity contribution < 1.29 is 9.90 Å². The molecule has 0 atom stereocenters. The predicted molar refractivity (Wildman–Crippen MR) is 56.6 cm³/mol. The molecule has 0 saturated carbocycles. The van der Waals surface area contributed by atoms with Gasteiger partial charge in [-0.15, -0.1) is 0 Å². The van der Waals surface area contributed by atoms with Gasteiger partial charge in [0.1, 0.15) is 0 Å². The van der Waals surface area contributed by atoms with E-state index in [1.54, 1.807) is 12.1 Å². The molecular weight excluding hydrogens is 178 g/mol. The summed E-state index contributed by atoms with van der Waals surface area (Å²) in [5, 5.41) is 8.87. The average Bonchev–Trinajstić information content (AvgIpc) is 2.16. The molecule has 0 spiro atoms. The Morgan fingerprint density at radius 1 is 1.29 bits per heavy atom. The van der Waals surface area contributed by atoms with Crippen LogP contribution < -0.4 is 5.73 Å². The molecule has 0 unspecified atom stereocenters. The third kappa shape index (κ3) is 1.87. The lowest BCUT2D eigenvalue weighted by molar-refractivity contribution is 0.0698. The Labute approximate surface area is 83.6 Å². The van der Waals surface area contributed by atoms with E-state index >= 15 is 0 Å². The normalized spacial score (nSPS) is 10.1.